The molecule has 0 amide bonds. The van der Waals surface area contributed by atoms with Gasteiger partial charge in [0.25, 0.3) is 0 Å². The van der Waals surface area contributed by atoms with Crippen LogP contribution in [0.4, 0.5) is 0 Å². The Kier molecular flexibility index (Phi) is 7.63. The van der Waals surface area contributed by atoms with Crippen LogP contribution in [0.1, 0.15) is 31.2 Å². The van der Waals surface area contributed by atoms with E-state index in [1.54, 1.807) is 6.08 Å². The summed E-state index contributed by atoms with van der Waals surface area (Å²) in [5, 5.41) is 25.4. The molecule has 1 aromatic rings. The van der Waals surface area contributed by atoms with E-state index in [0.29, 0.717) is 18.9 Å². The number of nitrogens with zero attached hydrogens (tertiary/aromatic N) is 2. The second-order valence-corrected chi connectivity index (χ2v) is 5.98. The van der Waals surface area contributed by atoms with E-state index in [2.05, 4.69) is 15.4 Å². The molecule has 1 aliphatic heterocycles. The Morgan fingerprint density at radius 1 is 1.17 bits per heavy atom. The van der Waals surface area contributed by atoms with Crippen molar-refractivity contribution >= 4 is 11.9 Å². The van der Waals surface area contributed by atoms with E-state index in [9.17, 15) is 5.11 Å². The lowest BCUT2D eigenvalue weighted by atomic mass is 10.2. The van der Waals surface area contributed by atoms with Gasteiger partial charge >= 0.3 is 0 Å². The van der Waals surface area contributed by atoms with Crippen LogP contribution in [0.3, 0.4) is 0 Å². The first kappa shape index (κ1) is 17.5. The molecule has 1 aliphatic rings. The molecule has 1 atom stereocenters. The second-order valence-electron chi connectivity index (χ2n) is 5.98. The first-order valence-electron chi connectivity index (χ1n) is 8.37. The summed E-state index contributed by atoms with van der Waals surface area (Å²) in [6.07, 6.45) is 8.09. The van der Waals surface area contributed by atoms with Crippen LogP contribution < -0.4 is 5.32 Å². The van der Waals surface area contributed by atoms with E-state index in [1.165, 1.54) is 25.7 Å². The summed E-state index contributed by atoms with van der Waals surface area (Å²) in [6, 6.07) is 9.80. The largest absolute Gasteiger partial charge is 0.409 e. The highest BCUT2D eigenvalue weighted by atomic mass is 16.4. The van der Waals surface area contributed by atoms with Gasteiger partial charge in [0.2, 0.25) is 0 Å². The Bertz CT molecular complexity index is 494. The molecule has 0 radical (unpaired) electrons. The van der Waals surface area contributed by atoms with Gasteiger partial charge in [0.15, 0.2) is 5.84 Å². The lowest BCUT2D eigenvalue weighted by molar-refractivity contribution is 0.117. The van der Waals surface area contributed by atoms with Crippen LogP contribution in [0.5, 0.6) is 0 Å². The van der Waals surface area contributed by atoms with E-state index in [-0.39, 0.29) is 0 Å². The standard InChI is InChI=1S/C18H27N3O2/c22-17(15-21-12-6-1-2-7-13-21)14-19-18(20-23)11-10-16-8-4-3-5-9-16/h3-5,8-11,17,22-23H,1-2,6-7,12-15H2,(H,19,20)/b11-10+. The number of benzene rings is 1. The van der Waals surface area contributed by atoms with Crippen LogP contribution in [-0.2, 0) is 0 Å². The molecule has 2 rings (SSSR count). The molecule has 1 saturated heterocycles. The molecule has 1 fully saturated rings. The molecule has 5 nitrogen and oxygen atoms in total. The SMILES string of the molecule is O/N=C(/C=C/c1ccccc1)NCC(O)CN1CCCCCC1. The van der Waals surface area contributed by atoms with E-state index in [1.807, 2.05) is 36.4 Å². The molecule has 1 unspecified atom stereocenters. The second kappa shape index (κ2) is 10.0. The lowest BCUT2D eigenvalue weighted by Crippen LogP contribution is -2.40. The highest BCUT2D eigenvalue weighted by Crippen LogP contribution is 2.09. The Morgan fingerprint density at radius 3 is 2.52 bits per heavy atom. The lowest BCUT2D eigenvalue weighted by Gasteiger charge is -2.23. The van der Waals surface area contributed by atoms with Crippen molar-refractivity contribution in [3.8, 4) is 0 Å². The molecular weight excluding hydrogens is 290 g/mol. The summed E-state index contributed by atoms with van der Waals surface area (Å²) in [5.41, 5.74) is 1.03. The minimum absolute atomic E-state index is 0.351. The van der Waals surface area contributed by atoms with Gasteiger partial charge < -0.3 is 20.5 Å². The highest BCUT2D eigenvalue weighted by molar-refractivity contribution is 5.95. The van der Waals surface area contributed by atoms with Crippen LogP contribution in [0.25, 0.3) is 6.08 Å². The van der Waals surface area contributed by atoms with Gasteiger partial charge in [0, 0.05) is 13.1 Å². The van der Waals surface area contributed by atoms with Crippen molar-refractivity contribution in [2.75, 3.05) is 26.2 Å². The molecule has 5 heteroatoms. The maximum Gasteiger partial charge on any atom is 0.165 e. The molecule has 0 saturated carbocycles. The number of aliphatic hydroxyl groups excluding tert-OH is 1. The summed E-state index contributed by atoms with van der Waals surface area (Å²) < 4.78 is 0. The third-order valence-electron chi connectivity index (χ3n) is 4.03. The summed E-state index contributed by atoms with van der Waals surface area (Å²) >= 11 is 0. The molecule has 0 spiro atoms. The third kappa shape index (κ3) is 6.84. The molecule has 126 valence electrons. The van der Waals surface area contributed by atoms with E-state index >= 15 is 0 Å². The number of rotatable bonds is 6. The zero-order chi connectivity index (χ0) is 16.3. The fourth-order valence-corrected chi connectivity index (χ4v) is 2.77. The first-order chi connectivity index (χ1) is 11.3. The van der Waals surface area contributed by atoms with E-state index in [4.69, 9.17) is 5.21 Å². The molecule has 3 N–H and O–H groups in total. The van der Waals surface area contributed by atoms with Crippen LogP contribution in [0.15, 0.2) is 41.6 Å². The Balaban J connectivity index is 1.75. The predicted molar refractivity (Wildman–Crippen MR) is 93.6 cm³/mol. The number of hydrogen-bond acceptors (Lipinski definition) is 4. The smallest absolute Gasteiger partial charge is 0.165 e. The van der Waals surface area contributed by atoms with Gasteiger partial charge in [-0.05, 0) is 37.6 Å². The van der Waals surface area contributed by atoms with Crippen molar-refractivity contribution in [3.05, 3.63) is 42.0 Å². The van der Waals surface area contributed by atoms with Crippen LogP contribution in [0.2, 0.25) is 0 Å². The monoisotopic (exact) mass is 317 g/mol. The summed E-state index contributed by atoms with van der Waals surface area (Å²) in [5.74, 6) is 0.351. The zero-order valence-corrected chi connectivity index (χ0v) is 13.6. The van der Waals surface area contributed by atoms with Gasteiger partial charge in [-0.15, -0.1) is 0 Å². The first-order valence-corrected chi connectivity index (χ1v) is 8.37. The number of amidine groups is 1. The van der Waals surface area contributed by atoms with Gasteiger partial charge in [-0.1, -0.05) is 54.4 Å². The van der Waals surface area contributed by atoms with Crippen molar-refractivity contribution in [1.82, 2.24) is 10.2 Å². The number of aliphatic hydroxyl groups is 1. The van der Waals surface area contributed by atoms with Gasteiger partial charge in [-0.25, -0.2) is 0 Å². The molecule has 0 aromatic heterocycles. The molecular formula is C18H27N3O2. The van der Waals surface area contributed by atoms with Gasteiger partial charge in [-0.2, -0.15) is 0 Å². The van der Waals surface area contributed by atoms with E-state index in [0.717, 1.165) is 18.7 Å². The number of β-amino-alcohol motifs (C(OH)–C–C–N with tert-alkyl or cyclic N) is 1. The predicted octanol–water partition coefficient (Wildman–Crippen LogP) is 2.31. The van der Waals surface area contributed by atoms with E-state index < -0.39 is 6.10 Å². The summed E-state index contributed by atoms with van der Waals surface area (Å²) in [6.45, 7) is 3.15. The third-order valence-corrected chi connectivity index (χ3v) is 4.03. The number of likely N-dealkylation sites (tertiary alicyclic amines) is 1. The average Bonchev–Trinajstić information content (AvgIpc) is 2.84. The van der Waals surface area contributed by atoms with Crippen molar-refractivity contribution in [2.45, 2.75) is 31.8 Å². The maximum atomic E-state index is 10.2. The number of oxime groups is 1. The fraction of sp³-hybridized carbons (Fsp3) is 0.500. The highest BCUT2D eigenvalue weighted by Gasteiger charge is 2.13. The number of nitrogens with one attached hydrogen (secondary N) is 1. The average molecular weight is 317 g/mol. The Labute approximate surface area is 138 Å². The van der Waals surface area contributed by atoms with Crippen LogP contribution >= 0.6 is 0 Å². The topological polar surface area (TPSA) is 68.1 Å². The molecule has 1 aromatic carbocycles. The minimum Gasteiger partial charge on any atom is -0.409 e. The van der Waals surface area contributed by atoms with Crippen molar-refractivity contribution < 1.29 is 10.3 Å². The normalized spacial score (nSPS) is 18.7. The van der Waals surface area contributed by atoms with Gasteiger partial charge in [0.1, 0.15) is 0 Å². The summed E-state index contributed by atoms with van der Waals surface area (Å²) in [7, 11) is 0. The Hall–Kier alpha value is -1.85. The van der Waals surface area contributed by atoms with Crippen molar-refractivity contribution in [2.24, 2.45) is 5.16 Å². The van der Waals surface area contributed by atoms with Crippen molar-refractivity contribution in [1.29, 1.82) is 0 Å². The van der Waals surface area contributed by atoms with Gasteiger partial charge in [-0.3, -0.25) is 0 Å². The number of hydrogen-bond donors (Lipinski definition) is 3. The maximum absolute atomic E-state index is 10.2. The molecule has 23 heavy (non-hydrogen) atoms. The quantitative estimate of drug-likeness (QED) is 0.326. The van der Waals surface area contributed by atoms with Crippen LogP contribution in [-0.4, -0.2) is 53.3 Å². The van der Waals surface area contributed by atoms with Crippen molar-refractivity contribution in [3.63, 3.8) is 0 Å². The summed E-state index contributed by atoms with van der Waals surface area (Å²) in [4.78, 5) is 2.31. The minimum atomic E-state index is -0.477. The molecule has 0 bridgehead atoms. The molecule has 1 heterocycles. The van der Waals surface area contributed by atoms with Gasteiger partial charge in [0.05, 0.1) is 6.10 Å². The zero-order valence-electron chi connectivity index (χ0n) is 13.6. The Morgan fingerprint density at radius 2 is 1.87 bits per heavy atom. The molecule has 0 aliphatic carbocycles. The fourth-order valence-electron chi connectivity index (χ4n) is 2.77. The van der Waals surface area contributed by atoms with Crippen LogP contribution in [0, 0.1) is 0 Å².